The Morgan fingerprint density at radius 1 is 0.868 bits per heavy atom. The molecule has 38 heavy (non-hydrogen) atoms. The lowest BCUT2D eigenvalue weighted by atomic mass is 9.95. The summed E-state index contributed by atoms with van der Waals surface area (Å²) in [5, 5.41) is 6.73. The smallest absolute Gasteiger partial charge is 0.243 e. The number of sulfonamides is 1. The van der Waals surface area contributed by atoms with Crippen molar-refractivity contribution in [3.8, 4) is 0 Å². The van der Waals surface area contributed by atoms with Crippen LogP contribution in [-0.2, 0) is 10.0 Å². The number of rotatable bonds is 7. The Morgan fingerprint density at radius 3 is 2.34 bits per heavy atom. The molecule has 1 saturated heterocycles. The van der Waals surface area contributed by atoms with Crippen LogP contribution in [-0.4, -0.2) is 45.3 Å². The number of aromatic nitrogens is 4. The third kappa shape index (κ3) is 4.91. The summed E-state index contributed by atoms with van der Waals surface area (Å²) < 4.78 is 29.6. The van der Waals surface area contributed by atoms with Crippen LogP contribution >= 0.6 is 0 Å². The molecular formula is C27H32N8O2S. The summed E-state index contributed by atoms with van der Waals surface area (Å²) in [4.78, 5) is 14.3. The third-order valence-corrected chi connectivity index (χ3v) is 9.29. The Balaban J connectivity index is 1.33. The SMILES string of the molecule is Nc1ccc(Nc2cc(Nc3ccc(S(=O)(=O)N4CCCC4)cc3)c3ncn(C4CCCCC4)c3n2)nc1. The van der Waals surface area contributed by atoms with Gasteiger partial charge >= 0.3 is 0 Å². The number of nitrogens with one attached hydrogen (secondary N) is 2. The highest BCUT2D eigenvalue weighted by Gasteiger charge is 2.27. The zero-order valence-corrected chi connectivity index (χ0v) is 22.0. The highest BCUT2D eigenvalue weighted by molar-refractivity contribution is 7.89. The molecule has 11 heteroatoms. The standard InChI is InChI=1S/C27H32N8O2S/c28-19-8-13-24(29-17-19)32-25-16-23(26-27(33-25)35(18-30-26)21-6-2-1-3-7-21)31-20-9-11-22(12-10-20)38(36,37)34-14-4-5-15-34/h8-13,16-18,21H,1-7,14-15,28H2,(H2,29,31,32,33). The van der Waals surface area contributed by atoms with E-state index < -0.39 is 10.0 Å². The molecule has 4 aromatic rings. The number of nitrogens with two attached hydrogens (primary N) is 1. The molecular weight excluding hydrogens is 500 g/mol. The first-order valence-corrected chi connectivity index (χ1v) is 14.6. The molecule has 6 rings (SSSR count). The fraction of sp³-hybridized carbons (Fsp3) is 0.370. The van der Waals surface area contributed by atoms with Crippen molar-refractivity contribution in [2.24, 2.45) is 0 Å². The molecule has 0 atom stereocenters. The molecule has 0 bridgehead atoms. The van der Waals surface area contributed by atoms with Crippen molar-refractivity contribution in [1.29, 1.82) is 0 Å². The maximum absolute atomic E-state index is 12.9. The van der Waals surface area contributed by atoms with E-state index in [2.05, 4.69) is 20.2 Å². The van der Waals surface area contributed by atoms with Gasteiger partial charge in [-0.2, -0.15) is 4.31 Å². The maximum atomic E-state index is 12.9. The molecule has 2 aliphatic rings. The average molecular weight is 533 g/mol. The molecule has 1 aliphatic heterocycles. The predicted octanol–water partition coefficient (Wildman–Crippen LogP) is 5.19. The van der Waals surface area contributed by atoms with Crippen molar-refractivity contribution >= 4 is 49.9 Å². The molecule has 2 fully saturated rings. The van der Waals surface area contributed by atoms with Crippen molar-refractivity contribution in [3.05, 3.63) is 55.0 Å². The number of anilines is 5. The summed E-state index contributed by atoms with van der Waals surface area (Å²) >= 11 is 0. The van der Waals surface area contributed by atoms with Gasteiger partial charge in [-0.3, -0.25) is 0 Å². The highest BCUT2D eigenvalue weighted by atomic mass is 32.2. The van der Waals surface area contributed by atoms with Crippen molar-refractivity contribution in [2.75, 3.05) is 29.5 Å². The lowest BCUT2D eigenvalue weighted by molar-refractivity contribution is 0.358. The Morgan fingerprint density at radius 2 is 1.63 bits per heavy atom. The normalized spacial score (nSPS) is 17.2. The maximum Gasteiger partial charge on any atom is 0.243 e. The summed E-state index contributed by atoms with van der Waals surface area (Å²) in [6.45, 7) is 1.17. The van der Waals surface area contributed by atoms with Crippen LogP contribution in [0.3, 0.4) is 0 Å². The van der Waals surface area contributed by atoms with Gasteiger partial charge in [0.25, 0.3) is 0 Å². The predicted molar refractivity (Wildman–Crippen MR) is 149 cm³/mol. The fourth-order valence-electron chi connectivity index (χ4n) is 5.35. The van der Waals surface area contributed by atoms with Gasteiger partial charge in [-0.1, -0.05) is 19.3 Å². The van der Waals surface area contributed by atoms with E-state index in [1.54, 1.807) is 40.8 Å². The zero-order chi connectivity index (χ0) is 26.1. The summed E-state index contributed by atoms with van der Waals surface area (Å²) in [7, 11) is -3.46. The minimum Gasteiger partial charge on any atom is -0.397 e. The van der Waals surface area contributed by atoms with E-state index in [-0.39, 0.29) is 0 Å². The molecule has 1 aromatic carbocycles. The van der Waals surface area contributed by atoms with Crippen LogP contribution in [0.2, 0.25) is 0 Å². The fourth-order valence-corrected chi connectivity index (χ4v) is 6.86. The second kappa shape index (κ2) is 10.2. The largest absolute Gasteiger partial charge is 0.397 e. The quantitative estimate of drug-likeness (QED) is 0.297. The summed E-state index contributed by atoms with van der Waals surface area (Å²) in [6, 6.07) is 12.8. The lowest BCUT2D eigenvalue weighted by Gasteiger charge is -2.23. The van der Waals surface area contributed by atoms with E-state index in [0.29, 0.717) is 41.3 Å². The Hall–Kier alpha value is -3.70. The van der Waals surface area contributed by atoms with Gasteiger partial charge in [0.2, 0.25) is 10.0 Å². The van der Waals surface area contributed by atoms with Gasteiger partial charge in [0.05, 0.1) is 28.8 Å². The molecule has 4 N–H and O–H groups in total. The van der Waals surface area contributed by atoms with Gasteiger partial charge in [-0.25, -0.2) is 23.4 Å². The lowest BCUT2D eigenvalue weighted by Crippen LogP contribution is -2.27. The van der Waals surface area contributed by atoms with Crippen LogP contribution in [0.25, 0.3) is 11.2 Å². The number of pyridine rings is 2. The molecule has 0 amide bonds. The van der Waals surface area contributed by atoms with Gasteiger partial charge in [0.1, 0.15) is 17.2 Å². The number of imidazole rings is 1. The minimum absolute atomic E-state index is 0.309. The van der Waals surface area contributed by atoms with E-state index in [9.17, 15) is 8.42 Å². The van der Waals surface area contributed by atoms with Gasteiger partial charge in [0, 0.05) is 30.9 Å². The zero-order valence-electron chi connectivity index (χ0n) is 21.2. The summed E-state index contributed by atoms with van der Waals surface area (Å²) in [5.74, 6) is 1.26. The Labute approximate surface area is 222 Å². The minimum atomic E-state index is -3.46. The average Bonchev–Trinajstić information content (AvgIpc) is 3.62. The molecule has 198 valence electrons. The van der Waals surface area contributed by atoms with Gasteiger partial charge in [-0.15, -0.1) is 0 Å². The number of nitrogen functional groups attached to an aromatic ring is 1. The third-order valence-electron chi connectivity index (χ3n) is 7.38. The summed E-state index contributed by atoms with van der Waals surface area (Å²) in [5.41, 5.74) is 9.49. The van der Waals surface area contributed by atoms with Crippen LogP contribution < -0.4 is 16.4 Å². The van der Waals surface area contributed by atoms with E-state index in [1.807, 2.05) is 18.5 Å². The van der Waals surface area contributed by atoms with E-state index >= 15 is 0 Å². The second-order valence-electron chi connectivity index (χ2n) is 10.0. The van der Waals surface area contributed by atoms with Gasteiger partial charge in [-0.05, 0) is 62.1 Å². The van der Waals surface area contributed by atoms with Crippen molar-refractivity contribution < 1.29 is 8.42 Å². The van der Waals surface area contributed by atoms with Crippen LogP contribution in [0.15, 0.2) is 59.9 Å². The van der Waals surface area contributed by atoms with Crippen molar-refractivity contribution in [1.82, 2.24) is 23.8 Å². The van der Waals surface area contributed by atoms with E-state index in [0.717, 1.165) is 48.2 Å². The number of nitrogens with zero attached hydrogens (tertiary/aromatic N) is 5. The molecule has 1 saturated carbocycles. The summed E-state index contributed by atoms with van der Waals surface area (Å²) in [6.07, 6.45) is 11.2. The Bertz CT molecular complexity index is 1520. The topological polar surface area (TPSA) is 131 Å². The molecule has 10 nitrogen and oxygen atoms in total. The number of hydrogen-bond acceptors (Lipinski definition) is 8. The first-order valence-electron chi connectivity index (χ1n) is 13.2. The van der Waals surface area contributed by atoms with Crippen LogP contribution in [0.5, 0.6) is 0 Å². The monoisotopic (exact) mass is 532 g/mol. The first kappa shape index (κ1) is 24.6. The molecule has 4 heterocycles. The highest BCUT2D eigenvalue weighted by Crippen LogP contribution is 2.34. The van der Waals surface area contributed by atoms with Crippen LogP contribution in [0, 0.1) is 0 Å². The van der Waals surface area contributed by atoms with E-state index in [1.165, 1.54) is 19.3 Å². The van der Waals surface area contributed by atoms with Crippen molar-refractivity contribution in [2.45, 2.75) is 55.9 Å². The first-order chi connectivity index (χ1) is 18.5. The molecule has 0 unspecified atom stereocenters. The van der Waals surface area contributed by atoms with Gasteiger partial charge < -0.3 is 20.9 Å². The number of benzene rings is 1. The van der Waals surface area contributed by atoms with Crippen molar-refractivity contribution in [3.63, 3.8) is 0 Å². The molecule has 0 spiro atoms. The Kier molecular flexibility index (Phi) is 6.62. The second-order valence-corrected chi connectivity index (χ2v) is 12.0. The van der Waals surface area contributed by atoms with Crippen LogP contribution in [0.4, 0.5) is 28.7 Å². The molecule has 1 aliphatic carbocycles. The van der Waals surface area contributed by atoms with E-state index in [4.69, 9.17) is 15.7 Å². The molecule has 0 radical (unpaired) electrons. The van der Waals surface area contributed by atoms with Gasteiger partial charge in [0.15, 0.2) is 5.65 Å². The van der Waals surface area contributed by atoms with Crippen LogP contribution in [0.1, 0.15) is 51.0 Å². The number of hydrogen-bond donors (Lipinski definition) is 3. The molecule has 3 aromatic heterocycles. The number of fused-ring (bicyclic) bond motifs is 1.